The van der Waals surface area contributed by atoms with Crippen LogP contribution in [0.1, 0.15) is 0 Å². The Kier molecular flexibility index (Phi) is 3.44. The van der Waals surface area contributed by atoms with Gasteiger partial charge < -0.3 is 9.80 Å². The van der Waals surface area contributed by atoms with Crippen molar-refractivity contribution in [3.63, 3.8) is 0 Å². The molecule has 0 unspecified atom stereocenters. The van der Waals surface area contributed by atoms with Gasteiger partial charge in [-0.25, -0.2) is 14.8 Å². The number of hydrogen-bond donors (Lipinski definition) is 0. The molecule has 3 rings (SSSR count). The Morgan fingerprint density at radius 2 is 1.80 bits per heavy atom. The summed E-state index contributed by atoms with van der Waals surface area (Å²) in [6.45, 7) is 2.49. The molecule has 1 amide bonds. The van der Waals surface area contributed by atoms with E-state index in [9.17, 15) is 4.79 Å². The number of anilines is 1. The molecule has 104 valence electrons. The lowest BCUT2D eigenvalue weighted by Crippen LogP contribution is -2.51. The highest BCUT2D eigenvalue weighted by Gasteiger charge is 2.24. The maximum Gasteiger partial charge on any atom is 0.436 e. The normalized spacial score (nSPS) is 15.2. The Balaban J connectivity index is 1.54. The maximum atomic E-state index is 11.9. The summed E-state index contributed by atoms with van der Waals surface area (Å²) in [6.07, 6.45) is 6.15. The molecular formula is C12H14N6O2. The number of hydrogen-bond acceptors (Lipinski definition) is 6. The van der Waals surface area contributed by atoms with Crippen LogP contribution in [-0.2, 0) is 0 Å². The average molecular weight is 274 g/mol. The van der Waals surface area contributed by atoms with Crippen molar-refractivity contribution in [2.45, 2.75) is 0 Å². The van der Waals surface area contributed by atoms with Crippen LogP contribution in [0.25, 0.3) is 0 Å². The molecule has 1 aliphatic heterocycles. The summed E-state index contributed by atoms with van der Waals surface area (Å²) in [6, 6.07) is 3.47. The van der Waals surface area contributed by atoms with Crippen LogP contribution >= 0.6 is 0 Å². The van der Waals surface area contributed by atoms with Gasteiger partial charge in [-0.1, -0.05) is 4.85 Å². The molecule has 1 saturated heterocycles. The van der Waals surface area contributed by atoms with Crippen LogP contribution < -0.4 is 9.74 Å². The van der Waals surface area contributed by atoms with E-state index in [-0.39, 0.29) is 0 Å². The van der Waals surface area contributed by atoms with Crippen molar-refractivity contribution in [1.82, 2.24) is 24.8 Å². The number of nitrogens with zero attached hydrogens (tertiary/aromatic N) is 6. The Labute approximate surface area is 115 Å². The predicted molar refractivity (Wildman–Crippen MR) is 70.0 cm³/mol. The first-order chi connectivity index (χ1) is 9.83. The molecule has 2 aromatic rings. The van der Waals surface area contributed by atoms with Crippen molar-refractivity contribution in [3.8, 4) is 0 Å². The lowest BCUT2D eigenvalue weighted by Gasteiger charge is -2.33. The minimum atomic E-state index is -0.401. The van der Waals surface area contributed by atoms with Gasteiger partial charge in [0.1, 0.15) is 0 Å². The zero-order chi connectivity index (χ0) is 13.8. The smallest absolute Gasteiger partial charge is 0.337 e. The van der Waals surface area contributed by atoms with E-state index in [0.29, 0.717) is 32.1 Å². The minimum Gasteiger partial charge on any atom is -0.337 e. The fourth-order valence-corrected chi connectivity index (χ4v) is 1.99. The molecular weight excluding hydrogens is 260 g/mol. The zero-order valence-electron chi connectivity index (χ0n) is 10.8. The van der Waals surface area contributed by atoms with Crippen molar-refractivity contribution >= 4 is 12.0 Å². The lowest BCUT2D eigenvalue weighted by molar-refractivity contribution is 0.0769. The Hall–Kier alpha value is -2.64. The predicted octanol–water partition coefficient (Wildman–Crippen LogP) is 0.0439. The summed E-state index contributed by atoms with van der Waals surface area (Å²) in [5.74, 6) is 0.688. The zero-order valence-corrected chi connectivity index (χ0v) is 10.8. The van der Waals surface area contributed by atoms with Gasteiger partial charge >= 0.3 is 6.09 Å². The summed E-state index contributed by atoms with van der Waals surface area (Å²) < 4.78 is 0. The van der Waals surface area contributed by atoms with E-state index in [1.807, 2.05) is 4.90 Å². The molecule has 0 aromatic carbocycles. The highest BCUT2D eigenvalue weighted by atomic mass is 16.7. The first-order valence-electron chi connectivity index (χ1n) is 6.32. The topological polar surface area (TPSA) is 76.4 Å². The van der Waals surface area contributed by atoms with E-state index in [1.165, 1.54) is 0 Å². The quantitative estimate of drug-likeness (QED) is 0.770. The maximum absolute atomic E-state index is 11.9. The third kappa shape index (κ3) is 2.68. The van der Waals surface area contributed by atoms with E-state index in [2.05, 4.69) is 15.1 Å². The largest absolute Gasteiger partial charge is 0.436 e. The van der Waals surface area contributed by atoms with Gasteiger partial charge in [-0.3, -0.25) is 4.84 Å². The van der Waals surface area contributed by atoms with E-state index >= 15 is 0 Å². The molecule has 3 heterocycles. The fraction of sp³-hybridized carbons (Fsp3) is 0.333. The molecule has 1 fully saturated rings. The summed E-state index contributed by atoms with van der Waals surface area (Å²) in [5.41, 5.74) is 0. The second-order valence-electron chi connectivity index (χ2n) is 4.29. The van der Waals surface area contributed by atoms with Gasteiger partial charge in [-0.2, -0.15) is 0 Å². The monoisotopic (exact) mass is 274 g/mol. The summed E-state index contributed by atoms with van der Waals surface area (Å²) in [7, 11) is 0. The van der Waals surface area contributed by atoms with Gasteiger partial charge in [0.15, 0.2) is 0 Å². The van der Waals surface area contributed by atoms with Crippen molar-refractivity contribution < 1.29 is 9.63 Å². The third-order valence-corrected chi connectivity index (χ3v) is 3.02. The molecule has 2 aromatic heterocycles. The first-order valence-corrected chi connectivity index (χ1v) is 6.32. The number of amides is 1. The van der Waals surface area contributed by atoms with Crippen LogP contribution in [0.5, 0.6) is 0 Å². The van der Waals surface area contributed by atoms with Crippen molar-refractivity contribution in [2.24, 2.45) is 0 Å². The first kappa shape index (κ1) is 12.4. The van der Waals surface area contributed by atoms with Gasteiger partial charge in [0.05, 0.1) is 12.4 Å². The molecule has 0 atom stereocenters. The van der Waals surface area contributed by atoms with Crippen LogP contribution in [0, 0.1) is 0 Å². The standard InChI is InChI=1S/C12H14N6O2/c19-12(20-18-6-2-5-15-18)17-9-7-16(8-10-17)11-13-3-1-4-14-11/h1-6H,7-10H2. The van der Waals surface area contributed by atoms with E-state index < -0.39 is 6.09 Å². The van der Waals surface area contributed by atoms with E-state index in [0.717, 1.165) is 4.85 Å². The summed E-state index contributed by atoms with van der Waals surface area (Å²) >= 11 is 0. The fourth-order valence-electron chi connectivity index (χ4n) is 1.99. The van der Waals surface area contributed by atoms with Crippen molar-refractivity contribution in [2.75, 3.05) is 31.1 Å². The number of piperazine rings is 1. The Morgan fingerprint density at radius 1 is 1.05 bits per heavy atom. The summed E-state index contributed by atoms with van der Waals surface area (Å²) in [4.78, 5) is 30.2. The van der Waals surface area contributed by atoms with Crippen LogP contribution in [0.2, 0.25) is 0 Å². The van der Waals surface area contributed by atoms with E-state index in [4.69, 9.17) is 4.84 Å². The number of aromatic nitrogens is 4. The highest BCUT2D eigenvalue weighted by Crippen LogP contribution is 2.09. The van der Waals surface area contributed by atoms with Crippen LogP contribution in [0.3, 0.4) is 0 Å². The lowest BCUT2D eigenvalue weighted by atomic mass is 10.3. The van der Waals surface area contributed by atoms with Crippen LogP contribution in [-0.4, -0.2) is 57.1 Å². The average Bonchev–Trinajstić information content (AvgIpc) is 3.01. The SMILES string of the molecule is O=C(On1cccn1)N1CCN(c2ncccn2)CC1. The molecule has 0 radical (unpaired) electrons. The highest BCUT2D eigenvalue weighted by molar-refractivity contribution is 5.68. The number of rotatable bonds is 2. The van der Waals surface area contributed by atoms with Gasteiger partial charge in [0.2, 0.25) is 5.95 Å². The summed E-state index contributed by atoms with van der Waals surface area (Å²) in [5, 5.41) is 3.83. The molecule has 0 spiro atoms. The van der Waals surface area contributed by atoms with Gasteiger partial charge in [0.25, 0.3) is 0 Å². The van der Waals surface area contributed by atoms with Crippen LogP contribution in [0.4, 0.5) is 10.7 Å². The second kappa shape index (κ2) is 5.55. The Bertz CT molecular complexity index is 551. The van der Waals surface area contributed by atoms with Crippen molar-refractivity contribution in [3.05, 3.63) is 36.9 Å². The van der Waals surface area contributed by atoms with Crippen molar-refractivity contribution in [1.29, 1.82) is 0 Å². The molecule has 8 nitrogen and oxygen atoms in total. The molecule has 1 aliphatic rings. The molecule has 20 heavy (non-hydrogen) atoms. The Morgan fingerprint density at radius 3 is 2.45 bits per heavy atom. The molecule has 8 heteroatoms. The van der Waals surface area contributed by atoms with Crippen LogP contribution in [0.15, 0.2) is 36.9 Å². The molecule has 0 aliphatic carbocycles. The molecule has 0 saturated carbocycles. The van der Waals surface area contributed by atoms with Gasteiger partial charge in [-0.15, -0.1) is 5.10 Å². The minimum absolute atomic E-state index is 0.401. The number of carbonyl (C=O) groups excluding carboxylic acids is 1. The third-order valence-electron chi connectivity index (χ3n) is 3.02. The molecule has 0 bridgehead atoms. The van der Waals surface area contributed by atoms with Gasteiger partial charge in [-0.05, 0) is 12.1 Å². The number of carbonyl (C=O) groups is 1. The molecule has 0 N–H and O–H groups in total. The second-order valence-corrected chi connectivity index (χ2v) is 4.29. The van der Waals surface area contributed by atoms with E-state index in [1.54, 1.807) is 41.8 Å². The van der Waals surface area contributed by atoms with Gasteiger partial charge in [0, 0.05) is 38.6 Å².